The van der Waals surface area contributed by atoms with Gasteiger partial charge in [-0.25, -0.2) is 9.59 Å². The number of rotatable bonds is 7. The van der Waals surface area contributed by atoms with Gasteiger partial charge < -0.3 is 25.4 Å². The Kier molecular flexibility index (Phi) is 11.1. The third kappa shape index (κ3) is 10.1. The van der Waals surface area contributed by atoms with Crippen LogP contribution in [0.1, 0.15) is 26.3 Å². The van der Waals surface area contributed by atoms with Crippen LogP contribution in [0.25, 0.3) is 6.08 Å². The SMILES string of the molecule is CC(C)NC(C)C(O)COc1ccccc1/C=C/C#N.O=C(O)C(=O)O. The molecule has 1 aromatic rings. The van der Waals surface area contributed by atoms with Gasteiger partial charge in [0.2, 0.25) is 0 Å². The molecule has 1 rings (SSSR count). The highest BCUT2D eigenvalue weighted by atomic mass is 16.5. The molecule has 0 radical (unpaired) electrons. The number of nitriles is 1. The largest absolute Gasteiger partial charge is 0.490 e. The van der Waals surface area contributed by atoms with Gasteiger partial charge in [0.05, 0.1) is 6.07 Å². The molecule has 0 fully saturated rings. The van der Waals surface area contributed by atoms with Crippen LogP contribution in [0.4, 0.5) is 0 Å². The lowest BCUT2D eigenvalue weighted by Crippen LogP contribution is -2.43. The molecular weight excluding hydrogens is 340 g/mol. The van der Waals surface area contributed by atoms with Gasteiger partial charge in [-0.15, -0.1) is 0 Å². The molecule has 0 heterocycles. The first-order chi connectivity index (χ1) is 12.2. The van der Waals surface area contributed by atoms with Crippen molar-refractivity contribution in [2.45, 2.75) is 39.0 Å². The molecule has 142 valence electrons. The first-order valence-corrected chi connectivity index (χ1v) is 7.87. The van der Waals surface area contributed by atoms with Gasteiger partial charge in [0.1, 0.15) is 18.5 Å². The normalized spacial score (nSPS) is 12.6. The van der Waals surface area contributed by atoms with E-state index in [4.69, 9.17) is 29.8 Å². The fourth-order valence-corrected chi connectivity index (χ4v) is 1.83. The van der Waals surface area contributed by atoms with Gasteiger partial charge in [-0.05, 0) is 19.1 Å². The molecular formula is C18H24N2O6. The maximum Gasteiger partial charge on any atom is 0.414 e. The van der Waals surface area contributed by atoms with Crippen molar-refractivity contribution in [3.05, 3.63) is 35.9 Å². The summed E-state index contributed by atoms with van der Waals surface area (Å²) < 4.78 is 5.65. The van der Waals surface area contributed by atoms with E-state index in [1.807, 2.05) is 51.1 Å². The predicted molar refractivity (Wildman–Crippen MR) is 95.6 cm³/mol. The number of carboxylic acid groups (broad SMARTS) is 2. The van der Waals surface area contributed by atoms with Crippen LogP contribution in [0.3, 0.4) is 0 Å². The molecule has 0 aliphatic heterocycles. The number of hydrogen-bond donors (Lipinski definition) is 4. The van der Waals surface area contributed by atoms with E-state index in [2.05, 4.69) is 5.32 Å². The van der Waals surface area contributed by atoms with Gasteiger partial charge in [0, 0.05) is 23.7 Å². The quantitative estimate of drug-likeness (QED) is 0.421. The summed E-state index contributed by atoms with van der Waals surface area (Å²) in [5.41, 5.74) is 0.825. The molecule has 0 amide bonds. The molecule has 0 aromatic heterocycles. The third-order valence-electron chi connectivity index (χ3n) is 3.02. The summed E-state index contributed by atoms with van der Waals surface area (Å²) in [5, 5.41) is 36.6. The van der Waals surface area contributed by atoms with Crippen molar-refractivity contribution in [2.75, 3.05) is 6.61 Å². The highest BCUT2D eigenvalue weighted by Gasteiger charge is 2.15. The zero-order valence-corrected chi connectivity index (χ0v) is 14.9. The van der Waals surface area contributed by atoms with E-state index in [9.17, 15) is 5.11 Å². The van der Waals surface area contributed by atoms with E-state index in [0.29, 0.717) is 11.8 Å². The zero-order chi connectivity index (χ0) is 20.1. The highest BCUT2D eigenvalue weighted by molar-refractivity contribution is 6.27. The van der Waals surface area contributed by atoms with Crippen LogP contribution < -0.4 is 10.1 Å². The lowest BCUT2D eigenvalue weighted by atomic mass is 10.1. The van der Waals surface area contributed by atoms with Crippen LogP contribution in [0.5, 0.6) is 5.75 Å². The van der Waals surface area contributed by atoms with Crippen molar-refractivity contribution in [1.82, 2.24) is 5.32 Å². The number of aliphatic hydroxyl groups is 1. The molecule has 8 nitrogen and oxygen atoms in total. The fourth-order valence-electron chi connectivity index (χ4n) is 1.83. The van der Waals surface area contributed by atoms with Crippen LogP contribution >= 0.6 is 0 Å². The van der Waals surface area contributed by atoms with Gasteiger partial charge in [-0.3, -0.25) is 0 Å². The minimum atomic E-state index is -1.82. The summed E-state index contributed by atoms with van der Waals surface area (Å²) in [5.74, 6) is -2.99. The number of para-hydroxylation sites is 1. The smallest absolute Gasteiger partial charge is 0.414 e. The predicted octanol–water partition coefficient (Wildman–Crippen LogP) is 1.51. The van der Waals surface area contributed by atoms with E-state index in [1.54, 1.807) is 6.08 Å². The molecule has 1 aromatic carbocycles. The van der Waals surface area contributed by atoms with Crippen molar-refractivity contribution < 1.29 is 29.6 Å². The fraction of sp³-hybridized carbons (Fsp3) is 0.389. The summed E-state index contributed by atoms with van der Waals surface area (Å²) in [6, 6.07) is 9.65. The number of aliphatic hydroxyl groups excluding tert-OH is 1. The Labute approximate surface area is 152 Å². The lowest BCUT2D eigenvalue weighted by Gasteiger charge is -2.23. The maximum atomic E-state index is 10.0. The Morgan fingerprint density at radius 2 is 1.81 bits per heavy atom. The van der Waals surface area contributed by atoms with Crippen molar-refractivity contribution in [3.8, 4) is 11.8 Å². The van der Waals surface area contributed by atoms with Crippen LogP contribution in [0.15, 0.2) is 30.3 Å². The molecule has 2 atom stereocenters. The average Bonchev–Trinajstić information content (AvgIpc) is 2.58. The number of aliphatic carboxylic acids is 2. The van der Waals surface area contributed by atoms with Crippen LogP contribution in [-0.2, 0) is 9.59 Å². The molecule has 0 spiro atoms. The van der Waals surface area contributed by atoms with Crippen molar-refractivity contribution in [1.29, 1.82) is 5.26 Å². The van der Waals surface area contributed by atoms with Crippen LogP contribution in [-0.4, -0.2) is 52.1 Å². The van der Waals surface area contributed by atoms with Crippen molar-refractivity contribution in [2.24, 2.45) is 0 Å². The number of nitrogens with one attached hydrogen (secondary N) is 1. The Morgan fingerprint density at radius 3 is 2.31 bits per heavy atom. The number of benzene rings is 1. The van der Waals surface area contributed by atoms with E-state index >= 15 is 0 Å². The van der Waals surface area contributed by atoms with E-state index < -0.39 is 18.0 Å². The molecule has 0 bridgehead atoms. The standard InChI is InChI=1S/C16H22N2O2.C2H2O4/c1-12(2)18-13(3)15(19)11-20-16-9-5-4-7-14(16)8-6-10-17;3-1(4)2(5)6/h4-9,12-13,15,18-19H,11H2,1-3H3;(H,3,4)(H,5,6)/b8-6+;. The highest BCUT2D eigenvalue weighted by Crippen LogP contribution is 2.19. The summed E-state index contributed by atoms with van der Waals surface area (Å²) >= 11 is 0. The molecule has 4 N–H and O–H groups in total. The summed E-state index contributed by atoms with van der Waals surface area (Å²) in [4.78, 5) is 18.2. The second-order valence-electron chi connectivity index (χ2n) is 5.60. The third-order valence-corrected chi connectivity index (χ3v) is 3.02. The Balaban J connectivity index is 0.000000896. The Morgan fingerprint density at radius 1 is 1.23 bits per heavy atom. The van der Waals surface area contributed by atoms with Crippen LogP contribution in [0, 0.1) is 11.3 Å². The summed E-state index contributed by atoms with van der Waals surface area (Å²) in [7, 11) is 0. The van der Waals surface area contributed by atoms with Gasteiger partial charge in [-0.2, -0.15) is 5.26 Å². The molecule has 26 heavy (non-hydrogen) atoms. The number of ether oxygens (including phenoxy) is 1. The topological polar surface area (TPSA) is 140 Å². The summed E-state index contributed by atoms with van der Waals surface area (Å²) in [6.07, 6.45) is 2.50. The zero-order valence-electron chi connectivity index (χ0n) is 14.9. The van der Waals surface area contributed by atoms with Crippen molar-refractivity contribution in [3.63, 3.8) is 0 Å². The average molecular weight is 364 g/mol. The molecule has 0 saturated heterocycles. The van der Waals surface area contributed by atoms with E-state index in [-0.39, 0.29) is 12.6 Å². The van der Waals surface area contributed by atoms with Gasteiger partial charge in [-0.1, -0.05) is 32.0 Å². The lowest BCUT2D eigenvalue weighted by molar-refractivity contribution is -0.159. The summed E-state index contributed by atoms with van der Waals surface area (Å²) in [6.45, 7) is 6.20. The minimum absolute atomic E-state index is 0.0446. The van der Waals surface area contributed by atoms with E-state index in [1.165, 1.54) is 6.08 Å². The minimum Gasteiger partial charge on any atom is -0.490 e. The first-order valence-electron chi connectivity index (χ1n) is 7.87. The number of carboxylic acids is 2. The van der Waals surface area contributed by atoms with Crippen LogP contribution in [0.2, 0.25) is 0 Å². The number of hydrogen-bond acceptors (Lipinski definition) is 6. The molecule has 8 heteroatoms. The molecule has 0 aliphatic rings. The number of nitrogens with zero attached hydrogens (tertiary/aromatic N) is 1. The second kappa shape index (κ2) is 12.5. The van der Waals surface area contributed by atoms with E-state index in [0.717, 1.165) is 5.56 Å². The van der Waals surface area contributed by atoms with Gasteiger partial charge in [0.15, 0.2) is 0 Å². The second-order valence-corrected chi connectivity index (χ2v) is 5.60. The molecule has 2 unspecified atom stereocenters. The van der Waals surface area contributed by atoms with Gasteiger partial charge >= 0.3 is 11.9 Å². The number of allylic oxidation sites excluding steroid dienone is 1. The maximum absolute atomic E-state index is 10.0. The molecule has 0 aliphatic carbocycles. The Hall–Kier alpha value is -2.89. The van der Waals surface area contributed by atoms with Gasteiger partial charge in [0.25, 0.3) is 0 Å². The monoisotopic (exact) mass is 364 g/mol. The Bertz CT molecular complexity index is 639. The van der Waals surface area contributed by atoms with Crippen molar-refractivity contribution >= 4 is 18.0 Å². The number of carbonyl (C=O) groups is 2. The first kappa shape index (κ1) is 23.1. The molecule has 0 saturated carbocycles.